The van der Waals surface area contributed by atoms with E-state index in [4.69, 9.17) is 15.9 Å². The van der Waals surface area contributed by atoms with E-state index in [0.29, 0.717) is 19.3 Å². The lowest BCUT2D eigenvalue weighted by atomic mass is 10.2. The Morgan fingerprint density at radius 3 is 2.06 bits per heavy atom. The summed E-state index contributed by atoms with van der Waals surface area (Å²) in [7, 11) is 2.43. The van der Waals surface area contributed by atoms with Gasteiger partial charge in [-0.2, -0.15) is 0 Å². The van der Waals surface area contributed by atoms with Crippen LogP contribution in [0, 0.1) is 12.3 Å². The van der Waals surface area contributed by atoms with Crippen molar-refractivity contribution in [2.24, 2.45) is 0 Å². The predicted octanol–water partition coefficient (Wildman–Crippen LogP) is 0.246. The lowest BCUT2D eigenvalue weighted by Crippen LogP contribution is -2.38. The number of unbranched alkanes of at least 4 members (excludes halogenated alkanes) is 1. The van der Waals surface area contributed by atoms with E-state index in [-0.39, 0.29) is 0 Å². The van der Waals surface area contributed by atoms with Gasteiger partial charge in [-0.1, -0.05) is 0 Å². The highest BCUT2D eigenvalue weighted by Crippen LogP contribution is 2.24. The molecule has 100 valence electrons. The lowest BCUT2D eigenvalue weighted by Gasteiger charge is -2.11. The SMILES string of the molecule is C#CCCCC1O[C@@H](C(=O)OC)[C@H](C(=O)OC)O1. The largest absolute Gasteiger partial charge is 0.467 e. The minimum absolute atomic E-state index is 0.505. The number of carbonyl (C=O) groups excluding carboxylic acids is 2. The fourth-order valence-electron chi connectivity index (χ4n) is 1.60. The molecule has 18 heavy (non-hydrogen) atoms. The molecule has 0 saturated carbocycles. The highest BCUT2D eigenvalue weighted by molar-refractivity contribution is 5.86. The van der Waals surface area contributed by atoms with Gasteiger partial charge in [0.2, 0.25) is 0 Å². The van der Waals surface area contributed by atoms with Gasteiger partial charge in [0.05, 0.1) is 14.2 Å². The number of terminal acetylenes is 1. The lowest BCUT2D eigenvalue weighted by molar-refractivity contribution is -0.160. The Hall–Kier alpha value is -1.58. The Balaban J connectivity index is 2.61. The highest BCUT2D eigenvalue weighted by atomic mass is 16.8. The zero-order valence-electron chi connectivity index (χ0n) is 10.4. The monoisotopic (exact) mass is 256 g/mol. The number of hydrogen-bond acceptors (Lipinski definition) is 6. The normalized spacial score (nSPS) is 23.4. The molecule has 1 fully saturated rings. The van der Waals surface area contributed by atoms with Crippen LogP contribution in [0.25, 0.3) is 0 Å². The van der Waals surface area contributed by atoms with Crippen LogP contribution in [0.1, 0.15) is 19.3 Å². The van der Waals surface area contributed by atoms with Crippen molar-refractivity contribution in [3.05, 3.63) is 0 Å². The van der Waals surface area contributed by atoms with Crippen molar-refractivity contribution in [2.45, 2.75) is 37.8 Å². The highest BCUT2D eigenvalue weighted by Gasteiger charge is 2.46. The first-order valence-corrected chi connectivity index (χ1v) is 5.54. The summed E-state index contributed by atoms with van der Waals surface area (Å²) < 4.78 is 19.8. The summed E-state index contributed by atoms with van der Waals surface area (Å²) in [4.78, 5) is 22.9. The van der Waals surface area contributed by atoms with Crippen LogP contribution in [-0.2, 0) is 28.5 Å². The second-order valence-corrected chi connectivity index (χ2v) is 3.69. The van der Waals surface area contributed by atoms with Gasteiger partial charge in [0.25, 0.3) is 0 Å². The van der Waals surface area contributed by atoms with Gasteiger partial charge in [-0.15, -0.1) is 12.3 Å². The topological polar surface area (TPSA) is 71.1 Å². The summed E-state index contributed by atoms with van der Waals surface area (Å²) in [6.45, 7) is 0. The fourth-order valence-corrected chi connectivity index (χ4v) is 1.60. The van der Waals surface area contributed by atoms with E-state index in [9.17, 15) is 9.59 Å². The second kappa shape index (κ2) is 6.99. The molecule has 0 N–H and O–H groups in total. The molecule has 0 bridgehead atoms. The van der Waals surface area contributed by atoms with Gasteiger partial charge in [-0.05, 0) is 12.8 Å². The van der Waals surface area contributed by atoms with Gasteiger partial charge >= 0.3 is 11.9 Å². The second-order valence-electron chi connectivity index (χ2n) is 3.69. The van der Waals surface area contributed by atoms with Gasteiger partial charge in [-0.25, -0.2) is 9.59 Å². The smallest absolute Gasteiger partial charge is 0.338 e. The fraction of sp³-hybridized carbons (Fsp3) is 0.667. The maximum Gasteiger partial charge on any atom is 0.338 e. The number of hydrogen-bond donors (Lipinski definition) is 0. The molecule has 2 atom stereocenters. The van der Waals surface area contributed by atoms with E-state index < -0.39 is 30.4 Å². The van der Waals surface area contributed by atoms with Crippen LogP contribution in [0.2, 0.25) is 0 Å². The number of methoxy groups -OCH3 is 2. The van der Waals surface area contributed by atoms with Gasteiger partial charge < -0.3 is 18.9 Å². The average Bonchev–Trinajstić information content (AvgIpc) is 2.81. The van der Waals surface area contributed by atoms with Crippen molar-refractivity contribution >= 4 is 11.9 Å². The Labute approximate surface area is 106 Å². The molecule has 1 heterocycles. The number of carbonyl (C=O) groups is 2. The van der Waals surface area contributed by atoms with Crippen LogP contribution in [0.3, 0.4) is 0 Å². The summed E-state index contributed by atoms with van der Waals surface area (Å²) in [6, 6.07) is 0. The van der Waals surface area contributed by atoms with Crippen molar-refractivity contribution in [1.29, 1.82) is 0 Å². The first-order chi connectivity index (χ1) is 8.63. The molecule has 0 amide bonds. The molecule has 0 aromatic heterocycles. The molecule has 6 heteroatoms. The molecule has 0 aliphatic carbocycles. The van der Waals surface area contributed by atoms with E-state index in [2.05, 4.69) is 15.4 Å². The minimum atomic E-state index is -1.08. The number of esters is 2. The number of rotatable bonds is 5. The molecule has 6 nitrogen and oxygen atoms in total. The van der Waals surface area contributed by atoms with Crippen LogP contribution in [0.15, 0.2) is 0 Å². The van der Waals surface area contributed by atoms with Crippen molar-refractivity contribution in [2.75, 3.05) is 14.2 Å². The maximum absolute atomic E-state index is 11.5. The van der Waals surface area contributed by atoms with Gasteiger partial charge in [0, 0.05) is 6.42 Å². The molecule has 0 spiro atoms. The van der Waals surface area contributed by atoms with E-state index in [1.54, 1.807) is 0 Å². The Bertz CT molecular complexity index is 321. The summed E-state index contributed by atoms with van der Waals surface area (Å²) in [5.74, 6) is 1.16. The zero-order valence-corrected chi connectivity index (χ0v) is 10.4. The van der Waals surface area contributed by atoms with Crippen molar-refractivity contribution in [1.82, 2.24) is 0 Å². The molecule has 1 aliphatic heterocycles. The molecule has 1 rings (SSSR count). The quantitative estimate of drug-likeness (QED) is 0.399. The Morgan fingerprint density at radius 1 is 1.17 bits per heavy atom. The van der Waals surface area contributed by atoms with Crippen molar-refractivity contribution in [3.63, 3.8) is 0 Å². The van der Waals surface area contributed by atoms with Crippen molar-refractivity contribution < 1.29 is 28.5 Å². The van der Waals surface area contributed by atoms with Crippen LogP contribution >= 0.6 is 0 Å². The first kappa shape index (κ1) is 14.5. The third-order valence-electron chi connectivity index (χ3n) is 2.50. The first-order valence-electron chi connectivity index (χ1n) is 5.54. The molecule has 1 aliphatic rings. The standard InChI is InChI=1S/C12H16O6/c1-4-5-6-7-8-17-9(11(13)15-2)10(18-8)12(14)16-3/h1,8-10H,5-7H2,2-3H3/t9-,10-/m1/s1. The van der Waals surface area contributed by atoms with E-state index in [0.717, 1.165) is 0 Å². The van der Waals surface area contributed by atoms with Crippen LogP contribution in [-0.4, -0.2) is 44.7 Å². The van der Waals surface area contributed by atoms with Gasteiger partial charge in [0.15, 0.2) is 18.5 Å². The maximum atomic E-state index is 11.5. The Kier molecular flexibility index (Phi) is 5.62. The number of ether oxygens (including phenoxy) is 4. The average molecular weight is 256 g/mol. The zero-order chi connectivity index (χ0) is 13.5. The third-order valence-corrected chi connectivity index (χ3v) is 2.50. The van der Waals surface area contributed by atoms with E-state index in [1.807, 2.05) is 0 Å². The van der Waals surface area contributed by atoms with Gasteiger partial charge in [0.1, 0.15) is 0 Å². The molecular formula is C12H16O6. The van der Waals surface area contributed by atoms with E-state index >= 15 is 0 Å². The molecule has 0 aromatic carbocycles. The third kappa shape index (κ3) is 3.45. The minimum Gasteiger partial charge on any atom is -0.467 e. The summed E-state index contributed by atoms with van der Waals surface area (Å²) in [5.41, 5.74) is 0. The van der Waals surface area contributed by atoms with Crippen molar-refractivity contribution in [3.8, 4) is 12.3 Å². The molecule has 0 unspecified atom stereocenters. The molecule has 1 saturated heterocycles. The molecule has 0 aromatic rings. The van der Waals surface area contributed by atoms with Crippen LogP contribution in [0.4, 0.5) is 0 Å². The predicted molar refractivity (Wildman–Crippen MR) is 60.3 cm³/mol. The van der Waals surface area contributed by atoms with Gasteiger partial charge in [-0.3, -0.25) is 0 Å². The molecule has 0 radical (unpaired) electrons. The Morgan fingerprint density at radius 2 is 1.67 bits per heavy atom. The summed E-state index contributed by atoms with van der Waals surface area (Å²) in [5, 5.41) is 0. The van der Waals surface area contributed by atoms with Crippen LogP contribution < -0.4 is 0 Å². The van der Waals surface area contributed by atoms with Crippen LogP contribution in [0.5, 0.6) is 0 Å². The van der Waals surface area contributed by atoms with E-state index in [1.165, 1.54) is 14.2 Å². The molecular weight excluding hydrogens is 240 g/mol. The summed E-state index contributed by atoms with van der Waals surface area (Å²) >= 11 is 0. The summed E-state index contributed by atoms with van der Waals surface area (Å²) in [6.07, 6.45) is 4.08.